The molecule has 2 atom stereocenters. The second-order valence-corrected chi connectivity index (χ2v) is 8.95. The maximum atomic E-state index is 4.31. The van der Waals surface area contributed by atoms with E-state index in [-0.39, 0.29) is 0 Å². The van der Waals surface area contributed by atoms with Crippen molar-refractivity contribution < 1.29 is 0 Å². The Morgan fingerprint density at radius 2 is 1.44 bits per heavy atom. The number of hydrogen-bond donors (Lipinski definition) is 2. The van der Waals surface area contributed by atoms with Gasteiger partial charge in [0.25, 0.3) is 0 Å². The summed E-state index contributed by atoms with van der Waals surface area (Å²) >= 11 is 12.9. The zero-order chi connectivity index (χ0) is 12.0. The summed E-state index contributed by atoms with van der Waals surface area (Å²) in [5.74, 6) is 4.42. The molecule has 0 aromatic carbocycles. The fourth-order valence-electron chi connectivity index (χ4n) is 2.47. The molecular weight excluding hydrogens is 272 g/mol. The van der Waals surface area contributed by atoms with Crippen LogP contribution in [0.5, 0.6) is 0 Å². The van der Waals surface area contributed by atoms with Gasteiger partial charge in [-0.1, -0.05) is 13.8 Å². The Balaban J connectivity index is 2.41. The minimum absolute atomic E-state index is 0.529. The summed E-state index contributed by atoms with van der Waals surface area (Å²) in [6, 6.07) is 0. The quantitative estimate of drug-likeness (QED) is 0.703. The van der Waals surface area contributed by atoms with E-state index in [1.165, 1.54) is 30.8 Å². The van der Waals surface area contributed by atoms with Crippen molar-refractivity contribution in [3.05, 3.63) is 0 Å². The summed E-state index contributed by atoms with van der Waals surface area (Å²) in [6.07, 6.45) is 4.15. The largest absolute Gasteiger partial charge is 0.179 e. The van der Waals surface area contributed by atoms with Gasteiger partial charge < -0.3 is 0 Å². The molecule has 0 saturated heterocycles. The van der Waals surface area contributed by atoms with Gasteiger partial charge in [-0.15, -0.1) is 0 Å². The van der Waals surface area contributed by atoms with Gasteiger partial charge in [0.15, 0.2) is 0 Å². The van der Waals surface area contributed by atoms with Crippen molar-refractivity contribution in [1.82, 2.24) is 0 Å². The summed E-state index contributed by atoms with van der Waals surface area (Å²) in [5, 5.41) is 1.71. The lowest BCUT2D eigenvalue weighted by Gasteiger charge is -2.39. The first-order valence-electron chi connectivity index (χ1n) is 6.02. The fraction of sp³-hybridized carbons (Fsp3) is 1.00. The van der Waals surface area contributed by atoms with E-state index in [1.807, 2.05) is 0 Å². The highest BCUT2D eigenvalue weighted by Crippen LogP contribution is 2.44. The SMILES string of the molecule is CC1(C)C[C@H](SCCS)C[C@H](SCCS)C1. The molecule has 1 saturated carbocycles. The minimum Gasteiger partial charge on any atom is -0.179 e. The second kappa shape index (κ2) is 7.75. The molecule has 0 aliphatic heterocycles. The van der Waals surface area contributed by atoms with Crippen LogP contribution >= 0.6 is 48.8 Å². The van der Waals surface area contributed by atoms with E-state index >= 15 is 0 Å². The highest BCUT2D eigenvalue weighted by atomic mass is 32.2. The Kier molecular flexibility index (Phi) is 7.49. The number of thiol groups is 2. The molecule has 0 N–H and O–H groups in total. The van der Waals surface area contributed by atoms with Gasteiger partial charge in [-0.3, -0.25) is 0 Å². The summed E-state index contributed by atoms with van der Waals surface area (Å²) in [5.41, 5.74) is 0.529. The van der Waals surface area contributed by atoms with Gasteiger partial charge in [0.05, 0.1) is 0 Å². The topological polar surface area (TPSA) is 0 Å². The van der Waals surface area contributed by atoms with Gasteiger partial charge in [-0.2, -0.15) is 48.8 Å². The van der Waals surface area contributed by atoms with Gasteiger partial charge in [-0.25, -0.2) is 0 Å². The van der Waals surface area contributed by atoms with Crippen LogP contribution in [-0.4, -0.2) is 33.5 Å². The van der Waals surface area contributed by atoms with Crippen LogP contribution in [0.3, 0.4) is 0 Å². The molecule has 0 aromatic heterocycles. The Bertz CT molecular complexity index is 175. The van der Waals surface area contributed by atoms with E-state index in [1.54, 1.807) is 0 Å². The average Bonchev–Trinajstić information content (AvgIpc) is 2.21. The lowest BCUT2D eigenvalue weighted by atomic mass is 9.77. The van der Waals surface area contributed by atoms with Crippen LogP contribution in [0.25, 0.3) is 0 Å². The smallest absolute Gasteiger partial charge is 0.00629 e. The third-order valence-corrected chi connectivity index (χ3v) is 6.57. The molecule has 96 valence electrons. The zero-order valence-electron chi connectivity index (χ0n) is 10.3. The summed E-state index contributed by atoms with van der Waals surface area (Å²) < 4.78 is 0. The Labute approximate surface area is 120 Å². The highest BCUT2D eigenvalue weighted by Gasteiger charge is 2.33. The molecule has 0 radical (unpaired) electrons. The third kappa shape index (κ3) is 5.83. The molecular formula is C12H24S4. The van der Waals surface area contributed by atoms with Crippen molar-refractivity contribution in [3.63, 3.8) is 0 Å². The van der Waals surface area contributed by atoms with E-state index in [4.69, 9.17) is 0 Å². The van der Waals surface area contributed by atoms with Gasteiger partial charge >= 0.3 is 0 Å². The molecule has 0 bridgehead atoms. The van der Waals surface area contributed by atoms with E-state index in [0.717, 1.165) is 22.0 Å². The predicted molar refractivity (Wildman–Crippen MR) is 87.8 cm³/mol. The van der Waals surface area contributed by atoms with Crippen molar-refractivity contribution in [3.8, 4) is 0 Å². The lowest BCUT2D eigenvalue weighted by Crippen LogP contribution is -2.32. The van der Waals surface area contributed by atoms with Crippen molar-refractivity contribution >= 4 is 48.8 Å². The predicted octanol–water partition coefficient (Wildman–Crippen LogP) is 4.26. The molecule has 0 aromatic rings. The molecule has 0 spiro atoms. The van der Waals surface area contributed by atoms with Crippen molar-refractivity contribution in [2.45, 2.75) is 43.6 Å². The van der Waals surface area contributed by atoms with Crippen LogP contribution in [0.4, 0.5) is 0 Å². The zero-order valence-corrected chi connectivity index (χ0v) is 13.7. The maximum Gasteiger partial charge on any atom is 0.00629 e. The lowest BCUT2D eigenvalue weighted by molar-refractivity contribution is 0.257. The standard InChI is InChI=1S/C12H24S4/c1-12(2)8-10(15-5-3-13)7-11(9-12)16-6-4-14/h10-11,13-14H,3-9H2,1-2H3/t10-,11+. The van der Waals surface area contributed by atoms with Crippen LogP contribution in [-0.2, 0) is 0 Å². The minimum atomic E-state index is 0.529. The Morgan fingerprint density at radius 1 is 1.00 bits per heavy atom. The van der Waals surface area contributed by atoms with Crippen LogP contribution < -0.4 is 0 Å². The van der Waals surface area contributed by atoms with Crippen LogP contribution in [0.15, 0.2) is 0 Å². The molecule has 1 aliphatic rings. The molecule has 0 amide bonds. The van der Waals surface area contributed by atoms with E-state index in [2.05, 4.69) is 62.6 Å². The third-order valence-electron chi connectivity index (χ3n) is 2.98. The van der Waals surface area contributed by atoms with E-state index in [0.29, 0.717) is 5.41 Å². The van der Waals surface area contributed by atoms with Crippen LogP contribution in [0.2, 0.25) is 0 Å². The number of thioether (sulfide) groups is 2. The molecule has 0 unspecified atom stereocenters. The molecule has 4 heteroatoms. The van der Waals surface area contributed by atoms with Crippen LogP contribution in [0, 0.1) is 5.41 Å². The molecule has 1 aliphatic carbocycles. The van der Waals surface area contributed by atoms with Gasteiger partial charge in [-0.05, 0) is 36.2 Å². The molecule has 1 fully saturated rings. The van der Waals surface area contributed by atoms with E-state index in [9.17, 15) is 0 Å². The molecule has 0 heterocycles. The summed E-state index contributed by atoms with van der Waals surface area (Å²) in [7, 11) is 0. The number of rotatable bonds is 6. The fourth-order valence-corrected chi connectivity index (χ4v) is 5.98. The first-order valence-corrected chi connectivity index (χ1v) is 9.38. The number of hydrogen-bond acceptors (Lipinski definition) is 4. The first kappa shape index (κ1) is 15.5. The van der Waals surface area contributed by atoms with Crippen molar-refractivity contribution in [2.24, 2.45) is 5.41 Å². The Morgan fingerprint density at radius 3 is 1.81 bits per heavy atom. The van der Waals surface area contributed by atoms with E-state index < -0.39 is 0 Å². The van der Waals surface area contributed by atoms with Gasteiger partial charge in [0.1, 0.15) is 0 Å². The van der Waals surface area contributed by atoms with Gasteiger partial charge in [0, 0.05) is 22.0 Å². The monoisotopic (exact) mass is 296 g/mol. The normalized spacial score (nSPS) is 29.2. The Hall–Kier alpha value is 1.40. The average molecular weight is 297 g/mol. The molecule has 0 nitrogen and oxygen atoms in total. The highest BCUT2D eigenvalue weighted by molar-refractivity contribution is 8.01. The summed E-state index contributed by atoms with van der Waals surface area (Å²) in [4.78, 5) is 0. The maximum absolute atomic E-state index is 4.31. The molecule has 1 rings (SSSR count). The van der Waals surface area contributed by atoms with Crippen LogP contribution in [0.1, 0.15) is 33.1 Å². The molecule has 16 heavy (non-hydrogen) atoms. The van der Waals surface area contributed by atoms with Crippen molar-refractivity contribution in [1.29, 1.82) is 0 Å². The first-order chi connectivity index (χ1) is 7.57. The van der Waals surface area contributed by atoms with Gasteiger partial charge in [0.2, 0.25) is 0 Å². The summed E-state index contributed by atoms with van der Waals surface area (Å²) in [6.45, 7) is 4.85. The second-order valence-electron chi connectivity index (χ2n) is 5.24. The van der Waals surface area contributed by atoms with Crippen molar-refractivity contribution in [2.75, 3.05) is 23.0 Å².